The minimum Gasteiger partial charge on any atom is -0.475 e. The van der Waals surface area contributed by atoms with Gasteiger partial charge in [-0.25, -0.2) is 0 Å². The Bertz CT molecular complexity index is 1570. The maximum atomic E-state index is 14.7. The third-order valence-corrected chi connectivity index (χ3v) is 9.43. The summed E-state index contributed by atoms with van der Waals surface area (Å²) in [7, 11) is 0. The van der Waals surface area contributed by atoms with Crippen LogP contribution in [0, 0.1) is 12.8 Å². The number of nitrogens with zero attached hydrogens (tertiary/aromatic N) is 3. The van der Waals surface area contributed by atoms with Gasteiger partial charge in [-0.05, 0) is 80.8 Å². The first-order chi connectivity index (χ1) is 22.7. The Morgan fingerprint density at radius 3 is 2.19 bits per heavy atom. The summed E-state index contributed by atoms with van der Waals surface area (Å²) in [4.78, 5) is 35.4. The van der Waals surface area contributed by atoms with Crippen LogP contribution in [0.2, 0.25) is 0 Å². The predicted molar refractivity (Wildman–Crippen MR) is 167 cm³/mol. The molecule has 0 saturated carbocycles. The highest BCUT2D eigenvalue weighted by Crippen LogP contribution is 2.41. The predicted octanol–water partition coefficient (Wildman–Crippen LogP) is 8.13. The van der Waals surface area contributed by atoms with E-state index in [1.807, 2.05) is 13.8 Å². The van der Waals surface area contributed by atoms with Gasteiger partial charge in [0.15, 0.2) is 0 Å². The molecule has 48 heavy (non-hydrogen) atoms. The Morgan fingerprint density at radius 2 is 1.58 bits per heavy atom. The minimum atomic E-state index is -4.82. The molecule has 0 aliphatic carbocycles. The van der Waals surface area contributed by atoms with E-state index in [1.165, 1.54) is 10.5 Å². The number of carbonyl (C=O) groups is 2. The third-order valence-electron chi connectivity index (χ3n) is 9.43. The highest BCUT2D eigenvalue weighted by Gasteiger charge is 2.56. The van der Waals surface area contributed by atoms with E-state index in [9.17, 15) is 35.9 Å². The largest absolute Gasteiger partial charge is 0.475 e. The summed E-state index contributed by atoms with van der Waals surface area (Å²) in [6, 6.07) is 12.0. The molecule has 2 aliphatic rings. The molecule has 3 aromatic rings. The first kappa shape index (κ1) is 35.2. The Labute approximate surface area is 276 Å². The lowest BCUT2D eigenvalue weighted by molar-refractivity contribution is -0.160. The van der Waals surface area contributed by atoms with E-state index >= 15 is 0 Å². The second kappa shape index (κ2) is 14.2. The van der Waals surface area contributed by atoms with Crippen molar-refractivity contribution >= 4 is 11.8 Å². The molecule has 0 unspecified atom stereocenters. The topological polar surface area (TPSA) is 62.7 Å². The number of hydrogen-bond acceptors (Lipinski definition) is 4. The molecule has 2 fully saturated rings. The van der Waals surface area contributed by atoms with Crippen molar-refractivity contribution in [1.82, 2.24) is 14.8 Å². The molecule has 2 saturated heterocycles. The lowest BCUT2D eigenvalue weighted by Gasteiger charge is -2.50. The first-order valence-corrected chi connectivity index (χ1v) is 16.3. The van der Waals surface area contributed by atoms with Crippen LogP contribution in [0.1, 0.15) is 78.1 Å². The molecule has 6 nitrogen and oxygen atoms in total. The lowest BCUT2D eigenvalue weighted by Crippen LogP contribution is -2.68. The Morgan fingerprint density at radius 1 is 0.917 bits per heavy atom. The summed E-state index contributed by atoms with van der Waals surface area (Å²) >= 11 is 0. The molecule has 0 radical (unpaired) electrons. The second-order valence-corrected chi connectivity index (χ2v) is 12.8. The van der Waals surface area contributed by atoms with E-state index < -0.39 is 52.5 Å². The molecule has 2 atom stereocenters. The summed E-state index contributed by atoms with van der Waals surface area (Å²) in [5.74, 6) is -1.03. The zero-order chi connectivity index (χ0) is 34.7. The third kappa shape index (κ3) is 7.63. The number of likely N-dealkylation sites (tertiary alicyclic amines) is 2. The standard InChI is InChI=1S/C36H39F6N3O3/c1-3-5-31-34(48-28-12-10-27(11-13-28)35(37,38)39,17-4-19-45(31)32(46)29-23-43-18-14-30(29)36(40,41)42)33(47)44-20-15-26(16-21-44)22-25-8-6-24(2)7-9-25/h6-14,18,23,26,31H,3-5,15-17,19-22H2,1-2H3/t31-,34+/m1/s1. The first-order valence-electron chi connectivity index (χ1n) is 16.3. The van der Waals surface area contributed by atoms with Crippen molar-refractivity contribution in [1.29, 1.82) is 0 Å². The summed E-state index contributed by atoms with van der Waals surface area (Å²) in [6.45, 7) is 4.72. The van der Waals surface area contributed by atoms with Gasteiger partial charge in [0, 0.05) is 38.4 Å². The fourth-order valence-electron chi connectivity index (χ4n) is 6.96. The Hall–Kier alpha value is -4.09. The molecule has 3 heterocycles. The maximum absolute atomic E-state index is 14.7. The highest BCUT2D eigenvalue weighted by molar-refractivity contribution is 5.97. The van der Waals surface area contributed by atoms with Crippen molar-refractivity contribution in [2.75, 3.05) is 19.6 Å². The number of amides is 2. The summed E-state index contributed by atoms with van der Waals surface area (Å²) in [5, 5.41) is 0. The van der Waals surface area contributed by atoms with E-state index in [0.717, 1.165) is 54.7 Å². The normalized spacial score (nSPS) is 20.9. The molecule has 12 heteroatoms. The molecule has 2 aromatic carbocycles. The number of benzene rings is 2. The van der Waals surface area contributed by atoms with Crippen molar-refractivity contribution in [2.24, 2.45) is 5.92 Å². The fraction of sp³-hybridized carbons (Fsp3) is 0.472. The SMILES string of the molecule is CCC[C@H]1N(C(=O)c2cnccc2C(F)(F)F)CCC[C@@]1(Oc1ccc(C(F)(F)F)cc1)C(=O)N1CCC(Cc2ccc(C)cc2)CC1. The number of piperidine rings is 2. The second-order valence-electron chi connectivity index (χ2n) is 12.8. The van der Waals surface area contributed by atoms with E-state index in [2.05, 4.69) is 29.2 Å². The van der Waals surface area contributed by atoms with Crippen molar-refractivity contribution in [3.63, 3.8) is 0 Å². The van der Waals surface area contributed by atoms with Crippen LogP contribution in [0.3, 0.4) is 0 Å². The molecule has 1 aromatic heterocycles. The van der Waals surface area contributed by atoms with Gasteiger partial charge in [0.05, 0.1) is 22.7 Å². The number of ether oxygens (including phenoxy) is 1. The number of hydrogen-bond donors (Lipinski definition) is 0. The summed E-state index contributed by atoms with van der Waals surface area (Å²) in [6.07, 6.45) is -4.28. The van der Waals surface area contributed by atoms with E-state index in [0.29, 0.717) is 38.3 Å². The molecule has 0 spiro atoms. The van der Waals surface area contributed by atoms with Gasteiger partial charge in [0.1, 0.15) is 5.75 Å². The smallest absolute Gasteiger partial charge is 0.417 e. The average molecular weight is 676 g/mol. The molecule has 2 amide bonds. The number of pyridine rings is 1. The number of halogens is 6. The van der Waals surface area contributed by atoms with Crippen molar-refractivity contribution < 1.29 is 40.7 Å². The van der Waals surface area contributed by atoms with Gasteiger partial charge in [0.25, 0.3) is 11.8 Å². The number of carbonyl (C=O) groups excluding carboxylic acids is 2. The fourth-order valence-corrected chi connectivity index (χ4v) is 6.96. The Kier molecular flexibility index (Phi) is 10.4. The molecule has 5 rings (SSSR count). The highest BCUT2D eigenvalue weighted by atomic mass is 19.4. The summed E-state index contributed by atoms with van der Waals surface area (Å²) < 4.78 is 88.4. The maximum Gasteiger partial charge on any atom is 0.417 e. The van der Waals surface area contributed by atoms with Crippen LogP contribution in [-0.2, 0) is 23.6 Å². The van der Waals surface area contributed by atoms with Crippen molar-refractivity contribution in [2.45, 2.75) is 82.8 Å². The van der Waals surface area contributed by atoms with E-state index in [1.54, 1.807) is 4.90 Å². The molecule has 0 N–H and O–H groups in total. The van der Waals surface area contributed by atoms with Gasteiger partial charge in [-0.1, -0.05) is 43.2 Å². The molecule has 2 aliphatic heterocycles. The zero-order valence-corrected chi connectivity index (χ0v) is 26.9. The molecule has 0 bridgehead atoms. The van der Waals surface area contributed by atoms with Crippen molar-refractivity contribution in [3.05, 3.63) is 94.8 Å². The number of aromatic nitrogens is 1. The van der Waals surface area contributed by atoms with Crippen LogP contribution in [0.15, 0.2) is 67.0 Å². The molecule has 258 valence electrons. The van der Waals surface area contributed by atoms with Gasteiger partial charge in [0.2, 0.25) is 5.60 Å². The van der Waals surface area contributed by atoms with E-state index in [4.69, 9.17) is 4.74 Å². The van der Waals surface area contributed by atoms with Crippen molar-refractivity contribution in [3.8, 4) is 5.75 Å². The summed E-state index contributed by atoms with van der Waals surface area (Å²) in [5.41, 5.74) is -2.05. The van der Waals surface area contributed by atoms with Crippen LogP contribution in [0.25, 0.3) is 0 Å². The van der Waals surface area contributed by atoms with Gasteiger partial charge in [-0.15, -0.1) is 0 Å². The number of aryl methyl sites for hydroxylation is 1. The number of rotatable bonds is 8. The van der Waals surface area contributed by atoms with Gasteiger partial charge in [-0.3, -0.25) is 14.6 Å². The van der Waals surface area contributed by atoms with Crippen LogP contribution in [0.5, 0.6) is 5.75 Å². The lowest BCUT2D eigenvalue weighted by atomic mass is 9.79. The Balaban J connectivity index is 1.48. The van der Waals surface area contributed by atoms with Gasteiger partial charge in [-0.2, -0.15) is 26.3 Å². The van der Waals surface area contributed by atoms with Gasteiger partial charge >= 0.3 is 12.4 Å². The molecular weight excluding hydrogens is 636 g/mol. The van der Waals surface area contributed by atoms with Crippen LogP contribution in [0.4, 0.5) is 26.3 Å². The number of alkyl halides is 6. The molecular formula is C36H39F6N3O3. The average Bonchev–Trinajstić information content (AvgIpc) is 3.06. The van der Waals surface area contributed by atoms with E-state index in [-0.39, 0.29) is 31.6 Å². The van der Waals surface area contributed by atoms with Crippen LogP contribution in [-0.4, -0.2) is 57.9 Å². The zero-order valence-electron chi connectivity index (χ0n) is 26.9. The minimum absolute atomic E-state index is 0.00151. The monoisotopic (exact) mass is 675 g/mol. The van der Waals surface area contributed by atoms with Crippen LogP contribution < -0.4 is 4.74 Å². The van der Waals surface area contributed by atoms with Gasteiger partial charge < -0.3 is 14.5 Å². The quantitative estimate of drug-likeness (QED) is 0.226. The van der Waals surface area contributed by atoms with Crippen LogP contribution >= 0.6 is 0 Å².